The number of hydrogen-bond acceptors (Lipinski definition) is 5. The summed E-state index contributed by atoms with van der Waals surface area (Å²) in [6.07, 6.45) is -0.0299. The van der Waals surface area contributed by atoms with Crippen LogP contribution in [0.4, 0.5) is 10.1 Å². The summed E-state index contributed by atoms with van der Waals surface area (Å²) >= 11 is 0. The minimum atomic E-state index is -3.34. The summed E-state index contributed by atoms with van der Waals surface area (Å²) < 4.78 is 43.8. The van der Waals surface area contributed by atoms with Crippen molar-refractivity contribution in [2.45, 2.75) is 18.2 Å². The van der Waals surface area contributed by atoms with Crippen LogP contribution in [0.15, 0.2) is 95.9 Å². The summed E-state index contributed by atoms with van der Waals surface area (Å²) in [5.41, 5.74) is 2.33. The summed E-state index contributed by atoms with van der Waals surface area (Å²) in [6.45, 7) is 1.57. The Labute approximate surface area is 214 Å². The van der Waals surface area contributed by atoms with Crippen molar-refractivity contribution in [3.63, 3.8) is 0 Å². The molecule has 0 fully saturated rings. The van der Waals surface area contributed by atoms with Crippen molar-refractivity contribution in [3.05, 3.63) is 108 Å². The molecule has 0 aliphatic rings. The zero-order valence-electron chi connectivity index (χ0n) is 19.9. The Balaban J connectivity index is 1.65. The van der Waals surface area contributed by atoms with Crippen LogP contribution < -0.4 is 10.1 Å². The topological polar surface area (TPSA) is 96.3 Å². The van der Waals surface area contributed by atoms with Crippen LogP contribution in [-0.2, 0) is 21.1 Å². The normalized spacial score (nSPS) is 10.9. The van der Waals surface area contributed by atoms with Crippen molar-refractivity contribution in [2.24, 2.45) is 0 Å². The van der Waals surface area contributed by atoms with Crippen LogP contribution in [0.3, 0.4) is 0 Å². The maximum absolute atomic E-state index is 13.8. The molecule has 0 radical (unpaired) electrons. The predicted octanol–water partition coefficient (Wildman–Crippen LogP) is 6.13. The molecule has 6 nitrogen and oxygen atoms in total. The molecule has 4 aromatic carbocycles. The highest BCUT2D eigenvalue weighted by atomic mass is 32.2. The molecule has 0 bridgehead atoms. The first-order valence-corrected chi connectivity index (χ1v) is 13.1. The first-order valence-electron chi connectivity index (χ1n) is 11.5. The Bertz CT molecular complexity index is 1580. The largest absolute Gasteiger partial charge is 0.455 e. The molecule has 8 heteroatoms. The Hall–Kier alpha value is -4.48. The highest BCUT2D eigenvalue weighted by Crippen LogP contribution is 2.40. The number of benzene rings is 4. The molecule has 186 valence electrons. The third-order valence-corrected chi connectivity index (χ3v) is 7.42. The molecule has 4 rings (SSSR count). The molecule has 1 N–H and O–H groups in total. The number of nitriles is 1. The zero-order chi connectivity index (χ0) is 26.4. The fourth-order valence-corrected chi connectivity index (χ4v) is 4.64. The molecule has 0 saturated heterocycles. The van der Waals surface area contributed by atoms with Crippen molar-refractivity contribution in [1.82, 2.24) is 0 Å². The summed E-state index contributed by atoms with van der Waals surface area (Å²) in [6, 6.07) is 26.4. The third kappa shape index (κ3) is 6.02. The number of nitrogens with one attached hydrogen (secondary N) is 1. The average molecular weight is 515 g/mol. The molecular weight excluding hydrogens is 491 g/mol. The van der Waals surface area contributed by atoms with Crippen LogP contribution in [0, 0.1) is 17.1 Å². The fraction of sp³-hybridized carbons (Fsp3) is 0.103. The molecule has 1 amide bonds. The van der Waals surface area contributed by atoms with Gasteiger partial charge in [0.2, 0.25) is 5.91 Å². The van der Waals surface area contributed by atoms with Crippen molar-refractivity contribution in [3.8, 4) is 28.7 Å². The number of hydrogen-bond donors (Lipinski definition) is 1. The lowest BCUT2D eigenvalue weighted by Gasteiger charge is -2.17. The van der Waals surface area contributed by atoms with Gasteiger partial charge in [-0.1, -0.05) is 55.5 Å². The number of amides is 1. The Kier molecular flexibility index (Phi) is 7.66. The zero-order valence-corrected chi connectivity index (χ0v) is 20.8. The predicted molar refractivity (Wildman–Crippen MR) is 140 cm³/mol. The highest BCUT2D eigenvalue weighted by molar-refractivity contribution is 7.91. The highest BCUT2D eigenvalue weighted by Gasteiger charge is 2.19. The van der Waals surface area contributed by atoms with Crippen LogP contribution in [0.1, 0.15) is 18.1 Å². The number of carbonyl (C=O) groups is 1. The summed E-state index contributed by atoms with van der Waals surface area (Å²) in [4.78, 5) is 13.0. The fourth-order valence-electron chi connectivity index (χ4n) is 3.76. The minimum Gasteiger partial charge on any atom is -0.455 e. The average Bonchev–Trinajstić information content (AvgIpc) is 2.90. The summed E-state index contributed by atoms with van der Waals surface area (Å²) in [7, 11) is -3.34. The third-order valence-electron chi connectivity index (χ3n) is 5.67. The standard InChI is InChI=1S/C29H23FN2O4S/c1-2-37(34,35)24-13-11-20(12-14-24)17-28(33)32-27-16-15-25(21-7-4-3-5-8-21)29(26(27)19-31)36-23-10-6-9-22(30)18-23/h3-16,18H,2,17H2,1H3,(H,32,33). The Morgan fingerprint density at radius 1 is 0.973 bits per heavy atom. The second-order valence-electron chi connectivity index (χ2n) is 8.17. The van der Waals surface area contributed by atoms with Gasteiger partial charge < -0.3 is 10.1 Å². The van der Waals surface area contributed by atoms with E-state index in [9.17, 15) is 22.9 Å². The number of halogens is 1. The summed E-state index contributed by atoms with van der Waals surface area (Å²) in [5.74, 6) is -0.500. The molecule has 37 heavy (non-hydrogen) atoms. The van der Waals surface area contributed by atoms with Crippen LogP contribution >= 0.6 is 0 Å². The minimum absolute atomic E-state index is 0.0111. The molecule has 4 aromatic rings. The number of anilines is 1. The van der Waals surface area contributed by atoms with Crippen molar-refractivity contribution in [1.29, 1.82) is 5.26 Å². The van der Waals surface area contributed by atoms with Gasteiger partial charge in [0, 0.05) is 11.6 Å². The van der Waals surface area contributed by atoms with E-state index in [0.29, 0.717) is 11.1 Å². The molecule has 0 spiro atoms. The van der Waals surface area contributed by atoms with Crippen LogP contribution in [-0.4, -0.2) is 20.1 Å². The molecule has 0 aliphatic heterocycles. The molecule has 0 saturated carbocycles. The van der Waals surface area contributed by atoms with E-state index in [0.717, 1.165) is 5.56 Å². The van der Waals surface area contributed by atoms with Gasteiger partial charge >= 0.3 is 0 Å². The monoisotopic (exact) mass is 514 g/mol. The molecule has 0 heterocycles. The number of nitrogens with zero attached hydrogens (tertiary/aromatic N) is 1. The van der Waals surface area contributed by atoms with E-state index in [-0.39, 0.29) is 39.8 Å². The van der Waals surface area contributed by atoms with Gasteiger partial charge in [0.05, 0.1) is 22.8 Å². The van der Waals surface area contributed by atoms with Gasteiger partial charge in [-0.3, -0.25) is 4.79 Å². The van der Waals surface area contributed by atoms with Crippen molar-refractivity contribution >= 4 is 21.4 Å². The van der Waals surface area contributed by atoms with E-state index in [1.54, 1.807) is 37.3 Å². The smallest absolute Gasteiger partial charge is 0.228 e. The van der Waals surface area contributed by atoms with E-state index < -0.39 is 21.6 Å². The van der Waals surface area contributed by atoms with E-state index in [1.807, 2.05) is 30.3 Å². The Morgan fingerprint density at radius 3 is 2.35 bits per heavy atom. The molecule has 0 unspecified atom stereocenters. The first kappa shape index (κ1) is 25.6. The maximum Gasteiger partial charge on any atom is 0.228 e. The van der Waals surface area contributed by atoms with E-state index in [2.05, 4.69) is 11.4 Å². The van der Waals surface area contributed by atoms with E-state index in [4.69, 9.17) is 4.74 Å². The second kappa shape index (κ2) is 11.1. The van der Waals surface area contributed by atoms with Gasteiger partial charge in [-0.05, 0) is 47.5 Å². The first-order chi connectivity index (χ1) is 17.8. The van der Waals surface area contributed by atoms with Gasteiger partial charge in [0.1, 0.15) is 23.2 Å². The van der Waals surface area contributed by atoms with Gasteiger partial charge in [0.15, 0.2) is 15.6 Å². The van der Waals surface area contributed by atoms with Crippen LogP contribution in [0.2, 0.25) is 0 Å². The number of carbonyl (C=O) groups excluding carboxylic acids is 1. The SMILES string of the molecule is CCS(=O)(=O)c1ccc(CC(=O)Nc2ccc(-c3ccccc3)c(Oc3cccc(F)c3)c2C#N)cc1. The lowest BCUT2D eigenvalue weighted by molar-refractivity contribution is -0.115. The van der Waals surface area contributed by atoms with Crippen LogP contribution in [0.25, 0.3) is 11.1 Å². The lowest BCUT2D eigenvalue weighted by atomic mass is 10.00. The molecule has 0 aromatic heterocycles. The second-order valence-corrected chi connectivity index (χ2v) is 10.5. The van der Waals surface area contributed by atoms with E-state index >= 15 is 0 Å². The van der Waals surface area contributed by atoms with Gasteiger partial charge in [0.25, 0.3) is 0 Å². The van der Waals surface area contributed by atoms with Crippen molar-refractivity contribution in [2.75, 3.05) is 11.1 Å². The molecule has 0 atom stereocenters. The maximum atomic E-state index is 13.8. The van der Waals surface area contributed by atoms with Crippen molar-refractivity contribution < 1.29 is 22.3 Å². The lowest BCUT2D eigenvalue weighted by Crippen LogP contribution is -2.15. The Morgan fingerprint density at radius 2 is 1.70 bits per heavy atom. The van der Waals surface area contributed by atoms with Gasteiger partial charge in [-0.25, -0.2) is 12.8 Å². The van der Waals surface area contributed by atoms with Gasteiger partial charge in [-0.2, -0.15) is 5.26 Å². The quantitative estimate of drug-likeness (QED) is 0.305. The van der Waals surface area contributed by atoms with Crippen LogP contribution in [0.5, 0.6) is 11.5 Å². The summed E-state index contributed by atoms with van der Waals surface area (Å²) in [5, 5.41) is 12.8. The van der Waals surface area contributed by atoms with Gasteiger partial charge in [-0.15, -0.1) is 0 Å². The number of rotatable bonds is 8. The number of sulfone groups is 1. The molecule has 0 aliphatic carbocycles. The van der Waals surface area contributed by atoms with E-state index in [1.165, 1.54) is 30.3 Å². The number of ether oxygens (including phenoxy) is 1. The molecular formula is C29H23FN2O4S.